The van der Waals surface area contributed by atoms with Crippen LogP contribution < -0.4 is 11.1 Å². The minimum atomic E-state index is 0.0698. The molecule has 1 amide bonds. The highest BCUT2D eigenvalue weighted by Gasteiger charge is 2.26. The number of carbonyl (C=O) groups excluding carboxylic acids is 1. The Balaban J connectivity index is 2.34. The fourth-order valence-electron chi connectivity index (χ4n) is 1.91. The number of amides is 1. The maximum atomic E-state index is 11.2. The van der Waals surface area contributed by atoms with Crippen molar-refractivity contribution in [2.45, 2.75) is 31.7 Å². The van der Waals surface area contributed by atoms with Gasteiger partial charge in [-0.25, -0.2) is 0 Å². The van der Waals surface area contributed by atoms with Gasteiger partial charge in [-0.05, 0) is 25.3 Å². The Morgan fingerprint density at radius 1 is 1.62 bits per heavy atom. The predicted molar refractivity (Wildman–Crippen MR) is 53.1 cm³/mol. The molecule has 0 aromatic carbocycles. The minimum absolute atomic E-state index is 0.0698. The Bertz CT molecular complexity index is 191. The predicted octanol–water partition coefficient (Wildman–Crippen LogP) is 0.806. The molecule has 3 heteroatoms. The third kappa shape index (κ3) is 2.84. The smallest absolute Gasteiger partial charge is 0.224 e. The van der Waals surface area contributed by atoms with Gasteiger partial charge < -0.3 is 11.1 Å². The summed E-state index contributed by atoms with van der Waals surface area (Å²) in [4.78, 5) is 11.2. The van der Waals surface area contributed by atoms with Crippen molar-refractivity contribution in [2.24, 2.45) is 11.7 Å². The van der Waals surface area contributed by atoms with Gasteiger partial charge in [-0.3, -0.25) is 4.79 Å². The second kappa shape index (κ2) is 5.02. The summed E-state index contributed by atoms with van der Waals surface area (Å²) >= 11 is 0. The molecule has 1 fully saturated rings. The summed E-state index contributed by atoms with van der Waals surface area (Å²) in [6, 6.07) is 0.303. The Morgan fingerprint density at radius 2 is 2.38 bits per heavy atom. The van der Waals surface area contributed by atoms with Crippen LogP contribution in [-0.2, 0) is 4.79 Å². The maximum absolute atomic E-state index is 11.2. The molecule has 0 aromatic rings. The van der Waals surface area contributed by atoms with Crippen LogP contribution in [0.3, 0.4) is 0 Å². The molecular weight excluding hydrogens is 164 g/mol. The second-order valence-corrected chi connectivity index (χ2v) is 3.59. The van der Waals surface area contributed by atoms with Gasteiger partial charge in [-0.1, -0.05) is 12.5 Å². The second-order valence-electron chi connectivity index (χ2n) is 3.59. The molecule has 0 aromatic heterocycles. The van der Waals surface area contributed by atoms with Gasteiger partial charge in [0.1, 0.15) is 0 Å². The van der Waals surface area contributed by atoms with Crippen LogP contribution in [-0.4, -0.2) is 18.5 Å². The molecule has 1 rings (SSSR count). The first kappa shape index (κ1) is 10.3. The molecule has 13 heavy (non-hydrogen) atoms. The van der Waals surface area contributed by atoms with Crippen molar-refractivity contribution in [2.75, 3.05) is 6.54 Å². The SMILES string of the molecule is C=CCC(=O)NC1CCCC1CN. The summed E-state index contributed by atoms with van der Waals surface area (Å²) in [5.41, 5.74) is 5.60. The first-order chi connectivity index (χ1) is 6.27. The van der Waals surface area contributed by atoms with Crippen molar-refractivity contribution in [3.8, 4) is 0 Å². The molecule has 1 aliphatic carbocycles. The standard InChI is InChI=1S/C10H18N2O/c1-2-4-10(13)12-9-6-3-5-8(9)7-11/h2,8-9H,1,3-7,11H2,(H,12,13). The first-order valence-electron chi connectivity index (χ1n) is 4.88. The number of carbonyl (C=O) groups is 1. The number of nitrogens with one attached hydrogen (secondary N) is 1. The average molecular weight is 182 g/mol. The average Bonchev–Trinajstić information content (AvgIpc) is 2.52. The van der Waals surface area contributed by atoms with E-state index in [9.17, 15) is 4.79 Å². The Morgan fingerprint density at radius 3 is 3.00 bits per heavy atom. The van der Waals surface area contributed by atoms with Crippen LogP contribution in [0.5, 0.6) is 0 Å². The van der Waals surface area contributed by atoms with Gasteiger partial charge in [-0.2, -0.15) is 0 Å². The van der Waals surface area contributed by atoms with Crippen LogP contribution in [0, 0.1) is 5.92 Å². The van der Waals surface area contributed by atoms with E-state index >= 15 is 0 Å². The molecule has 0 spiro atoms. The maximum Gasteiger partial charge on any atom is 0.224 e. The lowest BCUT2D eigenvalue weighted by atomic mass is 10.0. The van der Waals surface area contributed by atoms with E-state index in [2.05, 4.69) is 11.9 Å². The summed E-state index contributed by atoms with van der Waals surface area (Å²) in [5.74, 6) is 0.550. The van der Waals surface area contributed by atoms with Gasteiger partial charge in [0, 0.05) is 12.5 Å². The molecule has 1 aliphatic rings. The molecular formula is C10H18N2O. The molecule has 2 unspecified atom stereocenters. The zero-order valence-corrected chi connectivity index (χ0v) is 7.96. The molecule has 3 N–H and O–H groups in total. The highest BCUT2D eigenvalue weighted by molar-refractivity contribution is 5.77. The highest BCUT2D eigenvalue weighted by atomic mass is 16.1. The summed E-state index contributed by atoms with van der Waals surface area (Å²) < 4.78 is 0. The van der Waals surface area contributed by atoms with E-state index in [-0.39, 0.29) is 5.91 Å². The summed E-state index contributed by atoms with van der Waals surface area (Å²) in [7, 11) is 0. The van der Waals surface area contributed by atoms with Gasteiger partial charge in [0.2, 0.25) is 5.91 Å². The van der Waals surface area contributed by atoms with Crippen molar-refractivity contribution in [3.05, 3.63) is 12.7 Å². The molecule has 0 aliphatic heterocycles. The molecule has 0 saturated heterocycles. The first-order valence-corrected chi connectivity index (χ1v) is 4.88. The molecule has 2 atom stereocenters. The van der Waals surface area contributed by atoms with E-state index in [0.29, 0.717) is 24.9 Å². The van der Waals surface area contributed by atoms with Crippen LogP contribution in [0.1, 0.15) is 25.7 Å². The van der Waals surface area contributed by atoms with Gasteiger partial charge in [0.25, 0.3) is 0 Å². The van der Waals surface area contributed by atoms with E-state index in [4.69, 9.17) is 5.73 Å². The fourth-order valence-corrected chi connectivity index (χ4v) is 1.91. The zero-order valence-electron chi connectivity index (χ0n) is 7.96. The van der Waals surface area contributed by atoms with E-state index in [0.717, 1.165) is 12.8 Å². The Labute approximate surface area is 79.4 Å². The molecule has 0 radical (unpaired) electrons. The molecule has 74 valence electrons. The van der Waals surface area contributed by atoms with Gasteiger partial charge >= 0.3 is 0 Å². The lowest BCUT2D eigenvalue weighted by molar-refractivity contribution is -0.121. The minimum Gasteiger partial charge on any atom is -0.353 e. The van der Waals surface area contributed by atoms with Gasteiger partial charge in [0.15, 0.2) is 0 Å². The van der Waals surface area contributed by atoms with Crippen LogP contribution in [0.4, 0.5) is 0 Å². The van der Waals surface area contributed by atoms with Crippen LogP contribution in [0.15, 0.2) is 12.7 Å². The monoisotopic (exact) mass is 182 g/mol. The molecule has 0 heterocycles. The number of hydrogen-bond donors (Lipinski definition) is 2. The number of hydrogen-bond acceptors (Lipinski definition) is 2. The van der Waals surface area contributed by atoms with E-state index in [1.165, 1.54) is 6.42 Å². The van der Waals surface area contributed by atoms with Crippen molar-refractivity contribution in [3.63, 3.8) is 0 Å². The van der Waals surface area contributed by atoms with Gasteiger partial charge in [0.05, 0.1) is 0 Å². The largest absolute Gasteiger partial charge is 0.353 e. The Hall–Kier alpha value is -0.830. The quantitative estimate of drug-likeness (QED) is 0.632. The third-order valence-corrected chi connectivity index (χ3v) is 2.64. The van der Waals surface area contributed by atoms with E-state index < -0.39 is 0 Å². The number of nitrogens with two attached hydrogens (primary N) is 1. The van der Waals surface area contributed by atoms with Crippen LogP contribution in [0.25, 0.3) is 0 Å². The third-order valence-electron chi connectivity index (χ3n) is 2.64. The lowest BCUT2D eigenvalue weighted by Gasteiger charge is -2.18. The summed E-state index contributed by atoms with van der Waals surface area (Å²) in [6.07, 6.45) is 5.44. The highest BCUT2D eigenvalue weighted by Crippen LogP contribution is 2.24. The molecule has 1 saturated carbocycles. The van der Waals surface area contributed by atoms with Crippen LogP contribution >= 0.6 is 0 Å². The van der Waals surface area contributed by atoms with Crippen molar-refractivity contribution < 1.29 is 4.79 Å². The van der Waals surface area contributed by atoms with Gasteiger partial charge in [-0.15, -0.1) is 6.58 Å². The van der Waals surface area contributed by atoms with E-state index in [1.807, 2.05) is 0 Å². The van der Waals surface area contributed by atoms with Crippen molar-refractivity contribution in [1.82, 2.24) is 5.32 Å². The summed E-state index contributed by atoms with van der Waals surface area (Å²) in [5, 5.41) is 2.99. The van der Waals surface area contributed by atoms with E-state index in [1.54, 1.807) is 6.08 Å². The normalized spacial score (nSPS) is 27.2. The summed E-state index contributed by atoms with van der Waals surface area (Å²) in [6.45, 7) is 4.21. The molecule has 0 bridgehead atoms. The van der Waals surface area contributed by atoms with Crippen molar-refractivity contribution in [1.29, 1.82) is 0 Å². The zero-order chi connectivity index (χ0) is 9.68. The lowest BCUT2D eigenvalue weighted by Crippen LogP contribution is -2.39. The number of rotatable bonds is 4. The van der Waals surface area contributed by atoms with Crippen LogP contribution in [0.2, 0.25) is 0 Å². The molecule has 3 nitrogen and oxygen atoms in total. The fraction of sp³-hybridized carbons (Fsp3) is 0.700. The van der Waals surface area contributed by atoms with Crippen molar-refractivity contribution >= 4 is 5.91 Å². The Kier molecular flexibility index (Phi) is 3.96. The topological polar surface area (TPSA) is 55.1 Å².